The molecule has 0 radical (unpaired) electrons. The highest BCUT2D eigenvalue weighted by Gasteiger charge is 2.24. The van der Waals surface area contributed by atoms with Crippen LogP contribution in [-0.2, 0) is 4.79 Å². The Morgan fingerprint density at radius 2 is 2.22 bits per heavy atom. The highest BCUT2D eigenvalue weighted by molar-refractivity contribution is 5.97. The Bertz CT molecular complexity index is 464. The van der Waals surface area contributed by atoms with Crippen LogP contribution in [0.5, 0.6) is 5.75 Å². The fourth-order valence-electron chi connectivity index (χ4n) is 1.79. The second kappa shape index (κ2) is 4.93. The van der Waals surface area contributed by atoms with Gasteiger partial charge in [0.15, 0.2) is 6.10 Å². The number of anilines is 1. The van der Waals surface area contributed by atoms with E-state index >= 15 is 0 Å². The zero-order valence-corrected chi connectivity index (χ0v) is 10.1. The number of nitrogens with two attached hydrogens (primary N) is 2. The maximum Gasteiger partial charge on any atom is 0.265 e. The van der Waals surface area contributed by atoms with Crippen LogP contribution in [0.15, 0.2) is 18.2 Å². The summed E-state index contributed by atoms with van der Waals surface area (Å²) in [5.41, 5.74) is 12.9. The topological polar surface area (TPSA) is 111 Å². The van der Waals surface area contributed by atoms with E-state index in [9.17, 15) is 4.79 Å². The van der Waals surface area contributed by atoms with Gasteiger partial charge in [-0.05, 0) is 24.6 Å². The number of fused-ring (bicyclic) bond motifs is 1. The van der Waals surface area contributed by atoms with E-state index in [-0.39, 0.29) is 12.5 Å². The molecule has 1 aromatic carbocycles. The molecular formula is C12H17N3O3. The standard InChI is InChI=1S/C12H17N3O3/c1-6-12(17)15-9-4-7(2-3-10(9)18-6)11(14)8(13)5-16/h2-4,6,8,11,16H,5,13-14H2,1H3,(H,15,17). The molecule has 0 fully saturated rings. The molecule has 2 rings (SSSR count). The average molecular weight is 251 g/mol. The Hall–Kier alpha value is -1.63. The number of aliphatic hydroxyl groups excluding tert-OH is 1. The van der Waals surface area contributed by atoms with Crippen molar-refractivity contribution in [1.82, 2.24) is 0 Å². The first kappa shape index (κ1) is 12.8. The van der Waals surface area contributed by atoms with Crippen molar-refractivity contribution in [2.75, 3.05) is 11.9 Å². The third-order valence-corrected chi connectivity index (χ3v) is 2.99. The van der Waals surface area contributed by atoms with Gasteiger partial charge in [-0.1, -0.05) is 6.07 Å². The Morgan fingerprint density at radius 1 is 1.50 bits per heavy atom. The predicted molar refractivity (Wildman–Crippen MR) is 67.2 cm³/mol. The van der Waals surface area contributed by atoms with Gasteiger partial charge in [-0.15, -0.1) is 0 Å². The van der Waals surface area contributed by atoms with Crippen LogP contribution in [0.1, 0.15) is 18.5 Å². The summed E-state index contributed by atoms with van der Waals surface area (Å²) >= 11 is 0. The number of hydrogen-bond donors (Lipinski definition) is 4. The molecule has 98 valence electrons. The molecule has 0 spiro atoms. The first-order valence-electron chi connectivity index (χ1n) is 5.76. The number of carbonyl (C=O) groups excluding carboxylic acids is 1. The first-order valence-corrected chi connectivity index (χ1v) is 5.76. The van der Waals surface area contributed by atoms with Gasteiger partial charge in [0.1, 0.15) is 5.75 Å². The summed E-state index contributed by atoms with van der Waals surface area (Å²) in [6.45, 7) is 1.48. The van der Waals surface area contributed by atoms with Crippen LogP contribution in [0.4, 0.5) is 5.69 Å². The highest BCUT2D eigenvalue weighted by Crippen LogP contribution is 2.32. The van der Waals surface area contributed by atoms with E-state index in [1.807, 2.05) is 0 Å². The van der Waals surface area contributed by atoms with Crippen molar-refractivity contribution in [2.24, 2.45) is 11.5 Å². The Kier molecular flexibility index (Phi) is 3.51. The minimum Gasteiger partial charge on any atom is -0.479 e. The lowest BCUT2D eigenvalue weighted by molar-refractivity contribution is -0.122. The molecule has 0 saturated carbocycles. The van der Waals surface area contributed by atoms with Gasteiger partial charge in [0.05, 0.1) is 12.3 Å². The van der Waals surface area contributed by atoms with Crippen LogP contribution in [0.2, 0.25) is 0 Å². The van der Waals surface area contributed by atoms with Crippen molar-refractivity contribution < 1.29 is 14.6 Å². The normalized spacial score (nSPS) is 21.6. The Morgan fingerprint density at radius 3 is 2.89 bits per heavy atom. The maximum atomic E-state index is 11.5. The van der Waals surface area contributed by atoms with E-state index in [0.717, 1.165) is 5.56 Å². The Balaban J connectivity index is 2.27. The molecule has 6 heteroatoms. The van der Waals surface area contributed by atoms with Crippen LogP contribution in [0.25, 0.3) is 0 Å². The molecule has 3 atom stereocenters. The second-order valence-electron chi connectivity index (χ2n) is 4.38. The molecule has 1 amide bonds. The molecule has 6 N–H and O–H groups in total. The minimum absolute atomic E-state index is 0.195. The lowest BCUT2D eigenvalue weighted by Gasteiger charge is -2.25. The van der Waals surface area contributed by atoms with Gasteiger partial charge in [-0.25, -0.2) is 0 Å². The van der Waals surface area contributed by atoms with Gasteiger partial charge < -0.3 is 26.6 Å². The van der Waals surface area contributed by atoms with Crippen molar-refractivity contribution in [3.8, 4) is 5.75 Å². The van der Waals surface area contributed by atoms with E-state index in [2.05, 4.69) is 5.32 Å². The van der Waals surface area contributed by atoms with Crippen molar-refractivity contribution in [1.29, 1.82) is 0 Å². The number of aliphatic hydroxyl groups is 1. The molecule has 0 saturated heterocycles. The molecule has 1 heterocycles. The molecule has 1 aliphatic rings. The number of hydrogen-bond acceptors (Lipinski definition) is 5. The number of amides is 1. The molecule has 0 aliphatic carbocycles. The van der Waals surface area contributed by atoms with Crippen LogP contribution in [-0.4, -0.2) is 29.8 Å². The summed E-state index contributed by atoms with van der Waals surface area (Å²) in [7, 11) is 0. The van der Waals surface area contributed by atoms with E-state index < -0.39 is 18.2 Å². The molecule has 18 heavy (non-hydrogen) atoms. The van der Waals surface area contributed by atoms with Gasteiger partial charge in [0, 0.05) is 12.1 Å². The summed E-state index contributed by atoms with van der Waals surface area (Å²) in [6.07, 6.45) is -0.503. The third kappa shape index (κ3) is 2.31. The summed E-state index contributed by atoms with van der Waals surface area (Å²) in [4.78, 5) is 11.5. The highest BCUT2D eigenvalue weighted by atomic mass is 16.5. The molecule has 0 bridgehead atoms. The fourth-order valence-corrected chi connectivity index (χ4v) is 1.79. The van der Waals surface area contributed by atoms with Crippen molar-refractivity contribution in [2.45, 2.75) is 25.1 Å². The third-order valence-electron chi connectivity index (χ3n) is 2.99. The van der Waals surface area contributed by atoms with Gasteiger partial charge in [-0.3, -0.25) is 4.79 Å². The van der Waals surface area contributed by atoms with Crippen LogP contribution in [0, 0.1) is 0 Å². The van der Waals surface area contributed by atoms with Gasteiger partial charge in [-0.2, -0.15) is 0 Å². The largest absolute Gasteiger partial charge is 0.479 e. The number of nitrogens with one attached hydrogen (secondary N) is 1. The number of ether oxygens (including phenoxy) is 1. The zero-order chi connectivity index (χ0) is 13.3. The number of carbonyl (C=O) groups is 1. The average Bonchev–Trinajstić information content (AvgIpc) is 2.37. The van der Waals surface area contributed by atoms with E-state index in [0.29, 0.717) is 11.4 Å². The monoisotopic (exact) mass is 251 g/mol. The molecule has 6 nitrogen and oxygen atoms in total. The van der Waals surface area contributed by atoms with E-state index in [4.69, 9.17) is 21.3 Å². The van der Waals surface area contributed by atoms with E-state index in [1.165, 1.54) is 0 Å². The molecule has 3 unspecified atom stereocenters. The lowest BCUT2D eigenvalue weighted by Crippen LogP contribution is -2.37. The maximum absolute atomic E-state index is 11.5. The number of benzene rings is 1. The molecule has 1 aliphatic heterocycles. The molecular weight excluding hydrogens is 234 g/mol. The van der Waals surface area contributed by atoms with Gasteiger partial charge in [0.2, 0.25) is 0 Å². The first-order chi connectivity index (χ1) is 8.52. The predicted octanol–water partition coefficient (Wildman–Crippen LogP) is -0.275. The summed E-state index contributed by atoms with van der Waals surface area (Å²) in [5.74, 6) is 0.412. The van der Waals surface area contributed by atoms with Crippen LogP contribution >= 0.6 is 0 Å². The SMILES string of the molecule is CC1Oc2ccc(C(N)C(N)CO)cc2NC1=O. The smallest absolute Gasteiger partial charge is 0.265 e. The van der Waals surface area contributed by atoms with Crippen molar-refractivity contribution in [3.63, 3.8) is 0 Å². The van der Waals surface area contributed by atoms with Gasteiger partial charge in [0.25, 0.3) is 5.91 Å². The zero-order valence-electron chi connectivity index (χ0n) is 10.1. The summed E-state index contributed by atoms with van der Waals surface area (Å²) in [6, 6.07) is 4.21. The van der Waals surface area contributed by atoms with Crippen LogP contribution in [0.3, 0.4) is 0 Å². The van der Waals surface area contributed by atoms with Crippen molar-refractivity contribution >= 4 is 11.6 Å². The van der Waals surface area contributed by atoms with Crippen LogP contribution < -0.4 is 21.5 Å². The summed E-state index contributed by atoms with van der Waals surface area (Å²) in [5, 5.41) is 11.7. The Labute approximate surface area is 105 Å². The lowest BCUT2D eigenvalue weighted by atomic mass is 10.00. The van der Waals surface area contributed by atoms with Crippen molar-refractivity contribution in [3.05, 3.63) is 23.8 Å². The van der Waals surface area contributed by atoms with Gasteiger partial charge >= 0.3 is 0 Å². The second-order valence-corrected chi connectivity index (χ2v) is 4.38. The minimum atomic E-state index is -0.540. The fraction of sp³-hybridized carbons (Fsp3) is 0.417. The molecule has 1 aromatic rings. The summed E-state index contributed by atoms with van der Waals surface area (Å²) < 4.78 is 5.43. The molecule has 0 aromatic heterocycles. The quantitative estimate of drug-likeness (QED) is 0.591. The van der Waals surface area contributed by atoms with E-state index in [1.54, 1.807) is 25.1 Å². The number of rotatable bonds is 3.